The molecule has 7 heteroatoms. The summed E-state index contributed by atoms with van der Waals surface area (Å²) in [6, 6.07) is 2.92. The summed E-state index contributed by atoms with van der Waals surface area (Å²) in [6.45, 7) is 2.52. The Labute approximate surface area is 117 Å². The lowest BCUT2D eigenvalue weighted by molar-refractivity contribution is 0.213. The van der Waals surface area contributed by atoms with Gasteiger partial charge in [0.2, 0.25) is 10.0 Å². The highest BCUT2D eigenvalue weighted by atomic mass is 32.2. The Balaban J connectivity index is 1.67. The van der Waals surface area contributed by atoms with Crippen molar-refractivity contribution in [2.75, 3.05) is 13.1 Å². The maximum Gasteiger partial charge on any atom is 0.339 e. The summed E-state index contributed by atoms with van der Waals surface area (Å²) in [6.07, 6.45) is 1.97. The molecule has 2 aliphatic rings. The minimum atomic E-state index is -3.13. The molecule has 6 nitrogen and oxygen atoms in total. The molecule has 20 heavy (non-hydrogen) atoms. The van der Waals surface area contributed by atoms with Crippen LogP contribution in [0, 0.1) is 6.92 Å². The van der Waals surface area contributed by atoms with Crippen LogP contribution in [0.5, 0.6) is 5.75 Å². The molecule has 0 bridgehead atoms. The third-order valence-electron chi connectivity index (χ3n) is 3.58. The molecule has 1 aromatic heterocycles. The van der Waals surface area contributed by atoms with Crippen molar-refractivity contribution in [1.82, 2.24) is 4.31 Å². The first-order valence-corrected chi connectivity index (χ1v) is 8.23. The Morgan fingerprint density at radius 2 is 2.05 bits per heavy atom. The lowest BCUT2D eigenvalue weighted by Crippen LogP contribution is -2.33. The van der Waals surface area contributed by atoms with E-state index >= 15 is 0 Å². The smallest absolute Gasteiger partial charge is 0.339 e. The predicted molar refractivity (Wildman–Crippen MR) is 72.3 cm³/mol. The van der Waals surface area contributed by atoms with Gasteiger partial charge < -0.3 is 9.15 Å². The van der Waals surface area contributed by atoms with Gasteiger partial charge in [0.1, 0.15) is 17.6 Å². The Kier molecular flexibility index (Phi) is 3.33. The molecule has 2 heterocycles. The summed E-state index contributed by atoms with van der Waals surface area (Å²) in [5, 5.41) is -0.188. The molecule has 1 unspecified atom stereocenters. The fraction of sp³-hybridized carbons (Fsp3) is 0.615. The molecule has 1 aromatic rings. The third-order valence-corrected chi connectivity index (χ3v) is 5.95. The van der Waals surface area contributed by atoms with Crippen molar-refractivity contribution in [2.45, 2.75) is 37.5 Å². The minimum Gasteiger partial charge on any atom is -0.489 e. The van der Waals surface area contributed by atoms with E-state index in [4.69, 9.17) is 9.15 Å². The van der Waals surface area contributed by atoms with Crippen molar-refractivity contribution in [3.05, 3.63) is 28.3 Å². The zero-order valence-corrected chi connectivity index (χ0v) is 12.1. The van der Waals surface area contributed by atoms with Gasteiger partial charge in [-0.15, -0.1) is 0 Å². The summed E-state index contributed by atoms with van der Waals surface area (Å²) < 4.78 is 36.3. The lowest BCUT2D eigenvalue weighted by Gasteiger charge is -2.16. The molecule has 1 aliphatic carbocycles. The van der Waals surface area contributed by atoms with Gasteiger partial charge in [-0.05, 0) is 26.2 Å². The SMILES string of the molecule is Cc1cc(OC2CCN(S(=O)(=O)C3CC3)C2)cc(=O)o1. The van der Waals surface area contributed by atoms with Gasteiger partial charge in [0.05, 0.1) is 17.9 Å². The Hall–Kier alpha value is -1.34. The fourth-order valence-electron chi connectivity index (χ4n) is 2.44. The maximum atomic E-state index is 12.1. The van der Waals surface area contributed by atoms with Crippen LogP contribution in [0.3, 0.4) is 0 Å². The van der Waals surface area contributed by atoms with Crippen LogP contribution in [-0.4, -0.2) is 37.2 Å². The average Bonchev–Trinajstić information content (AvgIpc) is 3.10. The Bertz CT molecular complexity index is 662. The van der Waals surface area contributed by atoms with Gasteiger partial charge >= 0.3 is 5.63 Å². The summed E-state index contributed by atoms with van der Waals surface area (Å²) in [5.41, 5.74) is -0.458. The number of hydrogen-bond acceptors (Lipinski definition) is 5. The van der Waals surface area contributed by atoms with E-state index in [-0.39, 0.29) is 11.4 Å². The van der Waals surface area contributed by atoms with E-state index in [9.17, 15) is 13.2 Å². The average molecular weight is 299 g/mol. The Morgan fingerprint density at radius 1 is 1.30 bits per heavy atom. The maximum absolute atomic E-state index is 12.1. The van der Waals surface area contributed by atoms with Crippen molar-refractivity contribution in [2.24, 2.45) is 0 Å². The van der Waals surface area contributed by atoms with Crippen molar-refractivity contribution >= 4 is 10.0 Å². The van der Waals surface area contributed by atoms with Gasteiger partial charge in [0.25, 0.3) is 0 Å². The molecule has 1 aliphatic heterocycles. The highest BCUT2D eigenvalue weighted by Gasteiger charge is 2.43. The first-order chi connectivity index (χ1) is 9.45. The highest BCUT2D eigenvalue weighted by Crippen LogP contribution is 2.33. The minimum absolute atomic E-state index is 0.188. The third kappa shape index (κ3) is 2.73. The van der Waals surface area contributed by atoms with Gasteiger partial charge in [0, 0.05) is 12.6 Å². The summed E-state index contributed by atoms with van der Waals surface area (Å²) in [5.74, 6) is 0.919. The van der Waals surface area contributed by atoms with Crippen molar-refractivity contribution in [1.29, 1.82) is 0 Å². The zero-order chi connectivity index (χ0) is 14.3. The fourth-order valence-corrected chi connectivity index (χ4v) is 4.33. The van der Waals surface area contributed by atoms with Gasteiger partial charge in [-0.25, -0.2) is 13.2 Å². The molecule has 0 N–H and O–H groups in total. The molecule has 3 rings (SSSR count). The second-order valence-corrected chi connectivity index (χ2v) is 7.57. The number of rotatable bonds is 4. The van der Waals surface area contributed by atoms with E-state index in [0.717, 1.165) is 12.8 Å². The van der Waals surface area contributed by atoms with Crippen LogP contribution in [0.15, 0.2) is 21.3 Å². The van der Waals surface area contributed by atoms with E-state index in [1.54, 1.807) is 13.0 Å². The summed E-state index contributed by atoms with van der Waals surface area (Å²) in [7, 11) is -3.13. The van der Waals surface area contributed by atoms with Crippen LogP contribution >= 0.6 is 0 Å². The number of aryl methyl sites for hydroxylation is 1. The van der Waals surface area contributed by atoms with E-state index in [2.05, 4.69) is 0 Å². The summed E-state index contributed by atoms with van der Waals surface area (Å²) >= 11 is 0. The van der Waals surface area contributed by atoms with Crippen LogP contribution in [0.2, 0.25) is 0 Å². The lowest BCUT2D eigenvalue weighted by atomic mass is 10.3. The molecule has 0 aromatic carbocycles. The quantitative estimate of drug-likeness (QED) is 0.825. The predicted octanol–water partition coefficient (Wildman–Crippen LogP) is 0.894. The topological polar surface area (TPSA) is 76.8 Å². The van der Waals surface area contributed by atoms with Gasteiger partial charge in [0.15, 0.2) is 0 Å². The molecule has 0 radical (unpaired) electrons. The second kappa shape index (κ2) is 4.89. The van der Waals surface area contributed by atoms with E-state index in [0.29, 0.717) is 31.0 Å². The summed E-state index contributed by atoms with van der Waals surface area (Å²) in [4.78, 5) is 11.3. The molecular formula is C13H17NO5S. The van der Waals surface area contributed by atoms with Crippen molar-refractivity contribution < 1.29 is 17.6 Å². The molecule has 1 atom stereocenters. The van der Waals surface area contributed by atoms with E-state index < -0.39 is 15.6 Å². The van der Waals surface area contributed by atoms with E-state index in [1.165, 1.54) is 10.4 Å². The molecule has 1 saturated heterocycles. The molecule has 1 saturated carbocycles. The molecule has 110 valence electrons. The van der Waals surface area contributed by atoms with Crippen LogP contribution in [-0.2, 0) is 10.0 Å². The first-order valence-electron chi connectivity index (χ1n) is 6.72. The monoisotopic (exact) mass is 299 g/mol. The van der Waals surface area contributed by atoms with Crippen LogP contribution in [0.1, 0.15) is 25.0 Å². The van der Waals surface area contributed by atoms with Crippen LogP contribution < -0.4 is 10.4 Å². The van der Waals surface area contributed by atoms with Gasteiger partial charge in [-0.1, -0.05) is 0 Å². The van der Waals surface area contributed by atoms with Gasteiger partial charge in [-0.3, -0.25) is 0 Å². The molecule has 2 fully saturated rings. The number of hydrogen-bond donors (Lipinski definition) is 0. The number of sulfonamides is 1. The standard InChI is InChI=1S/C13H17NO5S/c1-9-6-11(7-13(15)18-9)19-10-4-5-14(8-10)20(16,17)12-2-3-12/h6-7,10,12H,2-5,8H2,1H3. The largest absolute Gasteiger partial charge is 0.489 e. The Morgan fingerprint density at radius 3 is 2.70 bits per heavy atom. The molecule has 0 spiro atoms. The second-order valence-electron chi connectivity index (χ2n) is 5.35. The van der Waals surface area contributed by atoms with Gasteiger partial charge in [-0.2, -0.15) is 4.31 Å². The van der Waals surface area contributed by atoms with E-state index in [1.807, 2.05) is 0 Å². The first kappa shape index (κ1) is 13.6. The van der Waals surface area contributed by atoms with Crippen LogP contribution in [0.25, 0.3) is 0 Å². The highest BCUT2D eigenvalue weighted by molar-refractivity contribution is 7.90. The molecule has 0 amide bonds. The zero-order valence-electron chi connectivity index (χ0n) is 11.2. The molecular weight excluding hydrogens is 282 g/mol. The van der Waals surface area contributed by atoms with Crippen molar-refractivity contribution in [3.8, 4) is 5.75 Å². The van der Waals surface area contributed by atoms with Crippen LogP contribution in [0.4, 0.5) is 0 Å². The normalized spacial score (nSPS) is 23.9. The van der Waals surface area contributed by atoms with Crippen molar-refractivity contribution in [3.63, 3.8) is 0 Å². The number of nitrogens with zero attached hydrogens (tertiary/aromatic N) is 1. The number of ether oxygens (including phenoxy) is 1.